The predicted octanol–water partition coefficient (Wildman–Crippen LogP) is 2.95. The first-order valence-electron chi connectivity index (χ1n) is 9.63. The Balaban J connectivity index is 1.57. The van der Waals surface area contributed by atoms with Crippen molar-refractivity contribution in [3.05, 3.63) is 75.5 Å². The minimum Gasteiger partial charge on any atom is -0.381 e. The fraction of sp³-hybridized carbons (Fsp3) is 0.318. The molecule has 0 radical (unpaired) electrons. The Morgan fingerprint density at radius 1 is 1.24 bits per heavy atom. The molecule has 0 aliphatic heterocycles. The Hall–Kier alpha value is -3.06. The summed E-state index contributed by atoms with van der Waals surface area (Å²) in [5, 5.41) is 10.8. The molecule has 1 aliphatic carbocycles. The van der Waals surface area contributed by atoms with Crippen LogP contribution in [0.2, 0.25) is 0 Å². The number of nitrogens with zero attached hydrogens (tertiary/aromatic N) is 1. The number of fused-ring (bicyclic) bond motifs is 1. The van der Waals surface area contributed by atoms with Gasteiger partial charge in [-0.1, -0.05) is 24.3 Å². The summed E-state index contributed by atoms with van der Waals surface area (Å²) < 4.78 is 19.7. The second kappa shape index (κ2) is 8.13. The van der Waals surface area contributed by atoms with E-state index in [1.807, 2.05) is 12.1 Å². The lowest BCUT2D eigenvalue weighted by Gasteiger charge is -2.14. The van der Waals surface area contributed by atoms with Crippen LogP contribution >= 0.6 is 0 Å². The van der Waals surface area contributed by atoms with Gasteiger partial charge in [0.15, 0.2) is 0 Å². The van der Waals surface area contributed by atoms with Gasteiger partial charge in [0.1, 0.15) is 5.82 Å². The standard InChI is InChI=1S/C22H22FN3O3/c1-29-15-8-7-14(12-15)24-21(27)18-10-13(6-9-19(18)23)11-20-16-4-2-3-5-17(16)22(28)26-25-20/h2-6,9-10,14-15H,7-8,11-12H2,1H3,(H,24,27)(H,26,28). The molecule has 2 atom stereocenters. The number of halogens is 1. The maximum Gasteiger partial charge on any atom is 0.272 e. The van der Waals surface area contributed by atoms with Crippen LogP contribution in [0.5, 0.6) is 0 Å². The number of hydrogen-bond acceptors (Lipinski definition) is 4. The van der Waals surface area contributed by atoms with Gasteiger partial charge in [0, 0.05) is 25.0 Å². The highest BCUT2D eigenvalue weighted by Crippen LogP contribution is 2.23. The molecule has 2 aromatic carbocycles. The highest BCUT2D eigenvalue weighted by atomic mass is 19.1. The number of carbonyl (C=O) groups is 1. The molecule has 1 saturated carbocycles. The van der Waals surface area contributed by atoms with Crippen LogP contribution in [0, 0.1) is 5.82 Å². The number of methoxy groups -OCH3 is 1. The first-order valence-corrected chi connectivity index (χ1v) is 9.63. The van der Waals surface area contributed by atoms with E-state index in [2.05, 4.69) is 15.5 Å². The van der Waals surface area contributed by atoms with Crippen molar-refractivity contribution < 1.29 is 13.9 Å². The topological polar surface area (TPSA) is 84.1 Å². The monoisotopic (exact) mass is 395 g/mol. The van der Waals surface area contributed by atoms with Crippen molar-refractivity contribution >= 4 is 16.7 Å². The summed E-state index contributed by atoms with van der Waals surface area (Å²) >= 11 is 0. The fourth-order valence-electron chi connectivity index (χ4n) is 3.90. The maximum atomic E-state index is 14.3. The number of carbonyl (C=O) groups excluding carboxylic acids is 1. The lowest BCUT2D eigenvalue weighted by atomic mass is 10.0. The molecular weight excluding hydrogens is 373 g/mol. The molecule has 7 heteroatoms. The minimum absolute atomic E-state index is 0.0112. The van der Waals surface area contributed by atoms with Crippen LogP contribution in [0.3, 0.4) is 0 Å². The minimum atomic E-state index is -0.563. The first-order chi connectivity index (χ1) is 14.0. The van der Waals surface area contributed by atoms with Crippen LogP contribution in [0.1, 0.15) is 40.9 Å². The van der Waals surface area contributed by atoms with Crippen molar-refractivity contribution in [3.63, 3.8) is 0 Å². The summed E-state index contributed by atoms with van der Waals surface area (Å²) in [6, 6.07) is 11.7. The molecular formula is C22H22FN3O3. The molecule has 1 fully saturated rings. The zero-order chi connectivity index (χ0) is 20.4. The lowest BCUT2D eigenvalue weighted by Crippen LogP contribution is -2.34. The smallest absolute Gasteiger partial charge is 0.272 e. The van der Waals surface area contributed by atoms with E-state index in [0.29, 0.717) is 17.5 Å². The molecule has 6 nitrogen and oxygen atoms in total. The lowest BCUT2D eigenvalue weighted by molar-refractivity contribution is 0.0911. The van der Waals surface area contributed by atoms with Gasteiger partial charge in [-0.15, -0.1) is 0 Å². The van der Waals surface area contributed by atoms with Gasteiger partial charge in [-0.05, 0) is 43.0 Å². The molecule has 0 bridgehead atoms. The number of aromatic amines is 1. The van der Waals surface area contributed by atoms with Gasteiger partial charge in [-0.25, -0.2) is 9.49 Å². The molecule has 1 heterocycles. The average molecular weight is 395 g/mol. The van der Waals surface area contributed by atoms with Crippen molar-refractivity contribution in [3.8, 4) is 0 Å². The second-order valence-electron chi connectivity index (χ2n) is 7.38. The van der Waals surface area contributed by atoms with E-state index in [4.69, 9.17) is 4.74 Å². The Morgan fingerprint density at radius 2 is 2.03 bits per heavy atom. The Bertz CT molecular complexity index is 1110. The average Bonchev–Trinajstić information content (AvgIpc) is 3.19. The van der Waals surface area contributed by atoms with Crippen molar-refractivity contribution in [1.29, 1.82) is 0 Å². The van der Waals surface area contributed by atoms with Gasteiger partial charge in [-0.3, -0.25) is 9.59 Å². The molecule has 0 spiro atoms. The van der Waals surface area contributed by atoms with Crippen LogP contribution < -0.4 is 10.9 Å². The third kappa shape index (κ3) is 4.05. The van der Waals surface area contributed by atoms with Gasteiger partial charge < -0.3 is 10.1 Å². The number of hydrogen-bond donors (Lipinski definition) is 2. The number of rotatable bonds is 5. The van der Waals surface area contributed by atoms with Crippen molar-refractivity contribution in [2.75, 3.05) is 7.11 Å². The van der Waals surface area contributed by atoms with Crippen molar-refractivity contribution in [2.24, 2.45) is 0 Å². The van der Waals surface area contributed by atoms with Crippen LogP contribution in [0.4, 0.5) is 4.39 Å². The molecule has 2 N–H and O–H groups in total. The summed E-state index contributed by atoms with van der Waals surface area (Å²) in [6.45, 7) is 0. The Kier molecular flexibility index (Phi) is 5.40. The van der Waals surface area contributed by atoms with E-state index in [-0.39, 0.29) is 23.3 Å². The fourth-order valence-corrected chi connectivity index (χ4v) is 3.90. The molecule has 2 unspecified atom stereocenters. The first kappa shape index (κ1) is 19.3. The third-order valence-corrected chi connectivity index (χ3v) is 5.48. The SMILES string of the molecule is COC1CCC(NC(=O)c2cc(Cc3n[nH]c(=O)c4ccccc34)ccc2F)C1. The molecule has 4 rings (SSSR count). The van der Waals surface area contributed by atoms with Gasteiger partial charge >= 0.3 is 0 Å². The van der Waals surface area contributed by atoms with E-state index in [1.54, 1.807) is 31.4 Å². The van der Waals surface area contributed by atoms with E-state index >= 15 is 0 Å². The van der Waals surface area contributed by atoms with Crippen LogP contribution in [0.15, 0.2) is 47.3 Å². The largest absolute Gasteiger partial charge is 0.381 e. The van der Waals surface area contributed by atoms with Gasteiger partial charge in [0.25, 0.3) is 11.5 Å². The van der Waals surface area contributed by atoms with E-state index < -0.39 is 11.7 Å². The van der Waals surface area contributed by atoms with Crippen LogP contribution in [-0.4, -0.2) is 35.4 Å². The molecule has 1 amide bonds. The summed E-state index contributed by atoms with van der Waals surface area (Å²) in [5.74, 6) is -0.989. The molecule has 29 heavy (non-hydrogen) atoms. The van der Waals surface area contributed by atoms with Crippen molar-refractivity contribution in [2.45, 2.75) is 37.8 Å². The number of H-pyrrole nitrogens is 1. The Morgan fingerprint density at radius 3 is 2.79 bits per heavy atom. The van der Waals surface area contributed by atoms with Gasteiger partial charge in [-0.2, -0.15) is 5.10 Å². The second-order valence-corrected chi connectivity index (χ2v) is 7.38. The number of amides is 1. The highest BCUT2D eigenvalue weighted by molar-refractivity contribution is 5.95. The predicted molar refractivity (Wildman–Crippen MR) is 107 cm³/mol. The molecule has 3 aromatic rings. The maximum absolute atomic E-state index is 14.3. The summed E-state index contributed by atoms with van der Waals surface area (Å²) in [7, 11) is 1.66. The number of aromatic nitrogens is 2. The third-order valence-electron chi connectivity index (χ3n) is 5.48. The zero-order valence-electron chi connectivity index (χ0n) is 16.1. The van der Waals surface area contributed by atoms with E-state index in [0.717, 1.165) is 30.2 Å². The zero-order valence-corrected chi connectivity index (χ0v) is 16.1. The normalized spacial score (nSPS) is 18.8. The summed E-state index contributed by atoms with van der Waals surface area (Å²) in [5.41, 5.74) is 1.16. The van der Waals surface area contributed by atoms with E-state index in [1.165, 1.54) is 6.07 Å². The highest BCUT2D eigenvalue weighted by Gasteiger charge is 2.26. The molecule has 0 saturated heterocycles. The number of benzene rings is 2. The summed E-state index contributed by atoms with van der Waals surface area (Å²) in [6.07, 6.45) is 2.94. The molecule has 1 aliphatic rings. The molecule has 150 valence electrons. The van der Waals surface area contributed by atoms with Crippen LogP contribution in [0.25, 0.3) is 10.8 Å². The van der Waals surface area contributed by atoms with E-state index in [9.17, 15) is 14.0 Å². The van der Waals surface area contributed by atoms with Crippen molar-refractivity contribution in [1.82, 2.24) is 15.5 Å². The van der Waals surface area contributed by atoms with Gasteiger partial charge in [0.2, 0.25) is 0 Å². The number of ether oxygens (including phenoxy) is 1. The molecule has 1 aromatic heterocycles. The number of nitrogens with one attached hydrogen (secondary N) is 2. The van der Waals surface area contributed by atoms with Gasteiger partial charge in [0.05, 0.1) is 22.7 Å². The summed E-state index contributed by atoms with van der Waals surface area (Å²) in [4.78, 5) is 24.6. The Labute approximate surface area is 167 Å². The quantitative estimate of drug-likeness (QED) is 0.696. The van der Waals surface area contributed by atoms with Crippen LogP contribution in [-0.2, 0) is 11.2 Å².